The van der Waals surface area contributed by atoms with Gasteiger partial charge in [0.15, 0.2) is 0 Å². The zero-order chi connectivity index (χ0) is 19.6. The molecule has 27 heavy (non-hydrogen) atoms. The lowest BCUT2D eigenvalue weighted by Crippen LogP contribution is -2.36. The van der Waals surface area contributed by atoms with Gasteiger partial charge in [0.05, 0.1) is 12.8 Å². The van der Waals surface area contributed by atoms with Gasteiger partial charge in [-0.3, -0.25) is 9.59 Å². The summed E-state index contributed by atoms with van der Waals surface area (Å²) >= 11 is 6.02. The van der Waals surface area contributed by atoms with Crippen molar-refractivity contribution in [3.8, 4) is 5.75 Å². The molecule has 1 aliphatic carbocycles. The summed E-state index contributed by atoms with van der Waals surface area (Å²) in [5.41, 5.74) is 1.18. The number of rotatable bonds is 6. The van der Waals surface area contributed by atoms with Gasteiger partial charge < -0.3 is 15.4 Å². The van der Waals surface area contributed by atoms with E-state index >= 15 is 0 Å². The number of methoxy groups -OCH3 is 1. The zero-order valence-corrected chi connectivity index (χ0v) is 16.4. The Morgan fingerprint density at radius 2 is 1.67 bits per heavy atom. The van der Waals surface area contributed by atoms with E-state index in [1.165, 1.54) is 7.11 Å². The normalized spacial score (nSPS) is 14.6. The lowest BCUT2D eigenvalue weighted by Gasteiger charge is -2.19. The minimum Gasteiger partial charge on any atom is -0.495 e. The maximum atomic E-state index is 12.9. The van der Waals surface area contributed by atoms with Crippen LogP contribution in [0.4, 0.5) is 11.4 Å². The molecule has 3 rings (SSSR count). The van der Waals surface area contributed by atoms with Gasteiger partial charge in [0.25, 0.3) is 0 Å². The topological polar surface area (TPSA) is 67.4 Å². The SMILES string of the molecule is COc1ccc(Cl)cc1NC(=O)C1(C(=O)Nc2ccccc2C(C)C)CC1. The lowest BCUT2D eigenvalue weighted by atomic mass is 9.99. The summed E-state index contributed by atoms with van der Waals surface area (Å²) < 4.78 is 5.26. The summed E-state index contributed by atoms with van der Waals surface area (Å²) in [4.78, 5) is 25.8. The molecule has 0 bridgehead atoms. The number of hydrogen-bond acceptors (Lipinski definition) is 3. The number of nitrogens with one attached hydrogen (secondary N) is 2. The minimum atomic E-state index is -1.06. The van der Waals surface area contributed by atoms with Crippen molar-refractivity contribution in [1.29, 1.82) is 0 Å². The molecule has 0 unspecified atom stereocenters. The Bertz CT molecular complexity index is 875. The Hall–Kier alpha value is -2.53. The molecule has 2 aromatic carbocycles. The number of anilines is 2. The van der Waals surface area contributed by atoms with Gasteiger partial charge in [-0.15, -0.1) is 0 Å². The number of hydrogen-bond donors (Lipinski definition) is 2. The van der Waals surface area contributed by atoms with E-state index in [0.717, 1.165) is 11.3 Å². The predicted octanol–water partition coefficient (Wildman–Crippen LogP) is 4.83. The standard InChI is InChI=1S/C21H23ClN2O3/c1-13(2)15-6-4-5-7-16(15)23-19(25)21(10-11-21)20(26)24-17-12-14(22)8-9-18(17)27-3/h4-9,12-13H,10-11H2,1-3H3,(H,23,25)(H,24,26). The fraction of sp³-hybridized carbons (Fsp3) is 0.333. The Morgan fingerprint density at radius 1 is 1.04 bits per heavy atom. The summed E-state index contributed by atoms with van der Waals surface area (Å²) in [6.45, 7) is 4.13. The number of ether oxygens (including phenoxy) is 1. The highest BCUT2D eigenvalue weighted by atomic mass is 35.5. The molecule has 2 N–H and O–H groups in total. The molecule has 1 aliphatic rings. The van der Waals surface area contributed by atoms with E-state index in [1.807, 2.05) is 24.3 Å². The number of carbonyl (C=O) groups excluding carboxylic acids is 2. The average molecular weight is 387 g/mol. The van der Waals surface area contributed by atoms with Crippen LogP contribution in [0.2, 0.25) is 5.02 Å². The van der Waals surface area contributed by atoms with E-state index < -0.39 is 5.41 Å². The number of para-hydroxylation sites is 1. The van der Waals surface area contributed by atoms with E-state index in [2.05, 4.69) is 24.5 Å². The predicted molar refractivity (Wildman–Crippen MR) is 107 cm³/mol. The molecule has 5 nitrogen and oxygen atoms in total. The minimum absolute atomic E-state index is 0.265. The van der Waals surface area contributed by atoms with Crippen LogP contribution in [0.5, 0.6) is 5.75 Å². The maximum absolute atomic E-state index is 12.9. The molecule has 1 fully saturated rings. The van der Waals surface area contributed by atoms with Crippen LogP contribution < -0.4 is 15.4 Å². The second-order valence-corrected chi connectivity index (χ2v) is 7.51. The molecule has 6 heteroatoms. The van der Waals surface area contributed by atoms with Crippen LogP contribution in [-0.4, -0.2) is 18.9 Å². The van der Waals surface area contributed by atoms with Crippen LogP contribution in [0.1, 0.15) is 38.2 Å². The molecule has 0 spiro atoms. The molecular weight excluding hydrogens is 364 g/mol. The van der Waals surface area contributed by atoms with Gasteiger partial charge >= 0.3 is 0 Å². The van der Waals surface area contributed by atoms with E-state index in [9.17, 15) is 9.59 Å². The van der Waals surface area contributed by atoms with Gasteiger partial charge in [-0.1, -0.05) is 43.6 Å². The summed E-state index contributed by atoms with van der Waals surface area (Å²) in [5.74, 6) is 0.131. The second kappa shape index (κ2) is 7.61. The number of amides is 2. The Balaban J connectivity index is 1.78. The van der Waals surface area contributed by atoms with Crippen LogP contribution in [-0.2, 0) is 9.59 Å². The molecule has 0 heterocycles. The first-order chi connectivity index (χ1) is 12.9. The third-order valence-corrected chi connectivity index (χ3v) is 5.10. The molecule has 0 aliphatic heterocycles. The van der Waals surface area contributed by atoms with Crippen molar-refractivity contribution in [1.82, 2.24) is 0 Å². The fourth-order valence-corrected chi connectivity index (χ4v) is 3.23. The van der Waals surface area contributed by atoms with Crippen molar-refractivity contribution in [2.75, 3.05) is 17.7 Å². The van der Waals surface area contributed by atoms with Crippen LogP contribution >= 0.6 is 11.6 Å². The molecule has 2 amide bonds. The number of benzene rings is 2. The van der Waals surface area contributed by atoms with Gasteiger partial charge in [-0.25, -0.2) is 0 Å². The lowest BCUT2D eigenvalue weighted by molar-refractivity contribution is -0.131. The summed E-state index contributed by atoms with van der Waals surface area (Å²) in [7, 11) is 1.52. The molecule has 2 aromatic rings. The third kappa shape index (κ3) is 3.93. The summed E-state index contributed by atoms with van der Waals surface area (Å²) in [6.07, 6.45) is 1.02. The highest BCUT2D eigenvalue weighted by Crippen LogP contribution is 2.48. The first kappa shape index (κ1) is 19.2. The van der Waals surface area contributed by atoms with Crippen molar-refractivity contribution in [2.24, 2.45) is 5.41 Å². The van der Waals surface area contributed by atoms with Crippen LogP contribution in [0, 0.1) is 5.41 Å². The summed E-state index contributed by atoms with van der Waals surface area (Å²) in [6, 6.07) is 12.6. The molecule has 0 aromatic heterocycles. The van der Waals surface area contributed by atoms with E-state index in [0.29, 0.717) is 29.3 Å². The van der Waals surface area contributed by atoms with E-state index in [4.69, 9.17) is 16.3 Å². The van der Waals surface area contributed by atoms with Crippen LogP contribution in [0.3, 0.4) is 0 Å². The molecule has 0 atom stereocenters. The van der Waals surface area contributed by atoms with Crippen LogP contribution in [0.15, 0.2) is 42.5 Å². The largest absolute Gasteiger partial charge is 0.495 e. The number of carbonyl (C=O) groups is 2. The van der Waals surface area contributed by atoms with Gasteiger partial charge in [0, 0.05) is 10.7 Å². The second-order valence-electron chi connectivity index (χ2n) is 7.08. The first-order valence-electron chi connectivity index (χ1n) is 8.93. The molecule has 0 saturated heterocycles. The van der Waals surface area contributed by atoms with Gasteiger partial charge in [-0.05, 0) is 48.6 Å². The molecule has 0 radical (unpaired) electrons. The first-order valence-corrected chi connectivity index (χ1v) is 9.30. The highest BCUT2D eigenvalue weighted by molar-refractivity contribution is 6.31. The fourth-order valence-electron chi connectivity index (χ4n) is 3.06. The Kier molecular flexibility index (Phi) is 5.42. The van der Waals surface area contributed by atoms with Crippen molar-refractivity contribution in [2.45, 2.75) is 32.6 Å². The van der Waals surface area contributed by atoms with Gasteiger partial charge in [-0.2, -0.15) is 0 Å². The van der Waals surface area contributed by atoms with Gasteiger partial charge in [0.2, 0.25) is 11.8 Å². The van der Waals surface area contributed by atoms with Gasteiger partial charge in [0.1, 0.15) is 11.2 Å². The zero-order valence-electron chi connectivity index (χ0n) is 15.6. The summed E-state index contributed by atoms with van der Waals surface area (Å²) in [5, 5.41) is 6.22. The van der Waals surface area contributed by atoms with Crippen molar-refractivity contribution >= 4 is 34.8 Å². The van der Waals surface area contributed by atoms with Crippen molar-refractivity contribution in [3.63, 3.8) is 0 Å². The average Bonchev–Trinajstić information content (AvgIpc) is 3.44. The molecule has 1 saturated carbocycles. The Morgan fingerprint density at radius 3 is 2.26 bits per heavy atom. The maximum Gasteiger partial charge on any atom is 0.240 e. The smallest absolute Gasteiger partial charge is 0.240 e. The molecular formula is C21H23ClN2O3. The number of halogens is 1. The van der Waals surface area contributed by atoms with Crippen molar-refractivity contribution in [3.05, 3.63) is 53.1 Å². The third-order valence-electron chi connectivity index (χ3n) is 4.86. The van der Waals surface area contributed by atoms with Crippen LogP contribution in [0.25, 0.3) is 0 Å². The van der Waals surface area contributed by atoms with E-state index in [1.54, 1.807) is 18.2 Å². The van der Waals surface area contributed by atoms with Crippen molar-refractivity contribution < 1.29 is 14.3 Å². The van der Waals surface area contributed by atoms with E-state index in [-0.39, 0.29) is 17.7 Å². The highest BCUT2D eigenvalue weighted by Gasteiger charge is 2.56. The quantitative estimate of drug-likeness (QED) is 0.699. The Labute approximate surface area is 164 Å². The monoisotopic (exact) mass is 386 g/mol. The molecule has 142 valence electrons.